The molecule has 0 aliphatic carbocycles. The smallest absolute Gasteiger partial charge is 0.248 e. The third-order valence-corrected chi connectivity index (χ3v) is 4.05. The van der Waals surface area contributed by atoms with Crippen molar-refractivity contribution in [1.82, 2.24) is 15.5 Å². The number of nitrogens with one attached hydrogen (secondary N) is 1. The Labute approximate surface area is 109 Å². The molecule has 3 heterocycles. The molecule has 0 saturated heterocycles. The average Bonchev–Trinajstić information content (AvgIpc) is 3.04. The van der Waals surface area contributed by atoms with Gasteiger partial charge in [0.25, 0.3) is 0 Å². The van der Waals surface area contributed by atoms with Gasteiger partial charge in [-0.2, -0.15) is 4.98 Å². The standard InChI is InChI=1S/C12H15N3O2S/c1-16-6-3-10-14-12(17-15-10)11-8-4-7-18-9(8)2-5-13-11/h4,7,11,13H,2-3,5-6H2,1H3. The van der Waals surface area contributed by atoms with Crippen LogP contribution in [0.25, 0.3) is 0 Å². The number of fused-ring (bicyclic) bond motifs is 1. The van der Waals surface area contributed by atoms with E-state index in [-0.39, 0.29) is 6.04 Å². The van der Waals surface area contributed by atoms with E-state index in [1.807, 2.05) is 0 Å². The number of methoxy groups -OCH3 is 1. The fourth-order valence-electron chi connectivity index (χ4n) is 2.15. The van der Waals surface area contributed by atoms with Gasteiger partial charge in [-0.15, -0.1) is 11.3 Å². The van der Waals surface area contributed by atoms with Gasteiger partial charge in [0.05, 0.1) is 6.61 Å². The molecule has 1 N–H and O–H groups in total. The van der Waals surface area contributed by atoms with Gasteiger partial charge in [-0.3, -0.25) is 0 Å². The van der Waals surface area contributed by atoms with Crippen LogP contribution < -0.4 is 5.32 Å². The molecular formula is C12H15N3O2S. The van der Waals surface area contributed by atoms with Crippen LogP contribution in [0.3, 0.4) is 0 Å². The van der Waals surface area contributed by atoms with Crippen LogP contribution in [0.5, 0.6) is 0 Å². The molecule has 2 aromatic rings. The van der Waals surface area contributed by atoms with Crippen LogP contribution in [-0.4, -0.2) is 30.4 Å². The highest BCUT2D eigenvalue weighted by Crippen LogP contribution is 2.31. The summed E-state index contributed by atoms with van der Waals surface area (Å²) in [5.41, 5.74) is 1.27. The van der Waals surface area contributed by atoms with E-state index in [0.29, 0.717) is 24.7 Å². The van der Waals surface area contributed by atoms with E-state index < -0.39 is 0 Å². The van der Waals surface area contributed by atoms with Crippen LogP contribution in [0.15, 0.2) is 16.0 Å². The summed E-state index contributed by atoms with van der Waals surface area (Å²) in [7, 11) is 1.67. The molecule has 3 rings (SSSR count). The molecule has 18 heavy (non-hydrogen) atoms. The second-order valence-electron chi connectivity index (χ2n) is 4.23. The van der Waals surface area contributed by atoms with Gasteiger partial charge in [0.15, 0.2) is 5.82 Å². The molecule has 96 valence electrons. The van der Waals surface area contributed by atoms with Crippen LogP contribution in [0.4, 0.5) is 0 Å². The Balaban J connectivity index is 1.82. The van der Waals surface area contributed by atoms with E-state index in [2.05, 4.69) is 26.9 Å². The van der Waals surface area contributed by atoms with Crippen LogP contribution in [0, 0.1) is 0 Å². The van der Waals surface area contributed by atoms with Crippen LogP contribution in [0.2, 0.25) is 0 Å². The third-order valence-electron chi connectivity index (χ3n) is 3.05. The van der Waals surface area contributed by atoms with Crippen molar-refractivity contribution in [3.63, 3.8) is 0 Å². The number of ether oxygens (including phenoxy) is 1. The zero-order valence-corrected chi connectivity index (χ0v) is 11.0. The van der Waals surface area contributed by atoms with E-state index >= 15 is 0 Å². The topological polar surface area (TPSA) is 60.2 Å². The largest absolute Gasteiger partial charge is 0.384 e. The molecule has 5 nitrogen and oxygen atoms in total. The van der Waals surface area contributed by atoms with E-state index in [4.69, 9.17) is 9.26 Å². The summed E-state index contributed by atoms with van der Waals surface area (Å²) < 4.78 is 10.4. The minimum atomic E-state index is 0.0452. The van der Waals surface area contributed by atoms with E-state index in [0.717, 1.165) is 13.0 Å². The maximum absolute atomic E-state index is 5.35. The molecule has 0 saturated carbocycles. The zero-order valence-electron chi connectivity index (χ0n) is 10.2. The number of aromatic nitrogens is 2. The van der Waals surface area contributed by atoms with Crippen molar-refractivity contribution in [3.8, 4) is 0 Å². The molecule has 0 fully saturated rings. The van der Waals surface area contributed by atoms with E-state index in [9.17, 15) is 0 Å². The lowest BCUT2D eigenvalue weighted by Crippen LogP contribution is -2.29. The molecule has 2 aromatic heterocycles. The van der Waals surface area contributed by atoms with Crippen molar-refractivity contribution < 1.29 is 9.26 Å². The first-order chi connectivity index (χ1) is 8.88. The first kappa shape index (κ1) is 11.8. The van der Waals surface area contributed by atoms with E-state index in [1.165, 1.54) is 10.4 Å². The van der Waals surface area contributed by atoms with Crippen molar-refractivity contribution in [2.45, 2.75) is 18.9 Å². The second-order valence-corrected chi connectivity index (χ2v) is 5.23. The maximum Gasteiger partial charge on any atom is 0.248 e. The lowest BCUT2D eigenvalue weighted by molar-refractivity contribution is 0.199. The van der Waals surface area contributed by atoms with Crippen molar-refractivity contribution in [3.05, 3.63) is 33.6 Å². The normalized spacial score (nSPS) is 18.8. The monoisotopic (exact) mass is 265 g/mol. The molecule has 6 heteroatoms. The van der Waals surface area contributed by atoms with Crippen molar-refractivity contribution >= 4 is 11.3 Å². The summed E-state index contributed by atoms with van der Waals surface area (Å²) in [5, 5.41) is 9.53. The Bertz CT molecular complexity index is 523. The number of rotatable bonds is 4. The van der Waals surface area contributed by atoms with Gasteiger partial charge in [-0.05, 0) is 23.4 Å². The highest BCUT2D eigenvalue weighted by atomic mass is 32.1. The lowest BCUT2D eigenvalue weighted by atomic mass is 10.0. The maximum atomic E-state index is 5.35. The molecule has 1 aliphatic rings. The number of hydrogen-bond donors (Lipinski definition) is 1. The Morgan fingerprint density at radius 1 is 1.61 bits per heavy atom. The first-order valence-corrected chi connectivity index (χ1v) is 6.87. The van der Waals surface area contributed by atoms with Gasteiger partial charge in [-0.1, -0.05) is 5.16 Å². The summed E-state index contributed by atoms with van der Waals surface area (Å²) in [5.74, 6) is 1.36. The lowest BCUT2D eigenvalue weighted by Gasteiger charge is -2.20. The van der Waals surface area contributed by atoms with Gasteiger partial charge in [0.2, 0.25) is 5.89 Å². The fraction of sp³-hybridized carbons (Fsp3) is 0.500. The molecule has 0 amide bonds. The zero-order chi connectivity index (χ0) is 12.4. The average molecular weight is 265 g/mol. The van der Waals surface area contributed by atoms with Gasteiger partial charge < -0.3 is 14.6 Å². The van der Waals surface area contributed by atoms with Gasteiger partial charge in [0, 0.05) is 25.0 Å². The molecular weight excluding hydrogens is 250 g/mol. The van der Waals surface area contributed by atoms with Gasteiger partial charge in [0.1, 0.15) is 6.04 Å². The Morgan fingerprint density at radius 2 is 2.56 bits per heavy atom. The molecule has 1 unspecified atom stereocenters. The highest BCUT2D eigenvalue weighted by Gasteiger charge is 2.26. The number of thiophene rings is 1. The molecule has 0 bridgehead atoms. The van der Waals surface area contributed by atoms with Crippen molar-refractivity contribution in [1.29, 1.82) is 0 Å². The van der Waals surface area contributed by atoms with E-state index in [1.54, 1.807) is 18.4 Å². The summed E-state index contributed by atoms with van der Waals surface area (Å²) in [6, 6.07) is 2.18. The SMILES string of the molecule is COCCc1noc(C2NCCc3sccc32)n1. The quantitative estimate of drug-likeness (QED) is 0.909. The van der Waals surface area contributed by atoms with Crippen molar-refractivity contribution in [2.75, 3.05) is 20.3 Å². The van der Waals surface area contributed by atoms with Gasteiger partial charge in [-0.25, -0.2) is 0 Å². The number of hydrogen-bond acceptors (Lipinski definition) is 6. The predicted molar refractivity (Wildman–Crippen MR) is 67.7 cm³/mol. The summed E-state index contributed by atoms with van der Waals surface area (Å²) >= 11 is 1.79. The van der Waals surface area contributed by atoms with Crippen LogP contribution in [0.1, 0.15) is 28.2 Å². The molecule has 0 spiro atoms. The second kappa shape index (κ2) is 5.17. The van der Waals surface area contributed by atoms with Crippen LogP contribution in [-0.2, 0) is 17.6 Å². The highest BCUT2D eigenvalue weighted by molar-refractivity contribution is 7.10. The fourth-order valence-corrected chi connectivity index (χ4v) is 3.07. The summed E-state index contributed by atoms with van der Waals surface area (Å²) in [6.45, 7) is 1.56. The number of nitrogens with zero attached hydrogens (tertiary/aromatic N) is 2. The molecule has 0 aromatic carbocycles. The molecule has 1 atom stereocenters. The Morgan fingerprint density at radius 3 is 3.44 bits per heavy atom. The van der Waals surface area contributed by atoms with Crippen molar-refractivity contribution in [2.24, 2.45) is 0 Å². The minimum Gasteiger partial charge on any atom is -0.384 e. The Hall–Kier alpha value is -1.24. The third kappa shape index (κ3) is 2.19. The Kier molecular flexibility index (Phi) is 3.40. The first-order valence-electron chi connectivity index (χ1n) is 5.99. The van der Waals surface area contributed by atoms with Gasteiger partial charge >= 0.3 is 0 Å². The summed E-state index contributed by atoms with van der Waals surface area (Å²) in [6.07, 6.45) is 1.76. The molecule has 0 radical (unpaired) electrons. The summed E-state index contributed by atoms with van der Waals surface area (Å²) in [4.78, 5) is 5.85. The predicted octanol–water partition coefficient (Wildman–Crippen LogP) is 1.56. The van der Waals surface area contributed by atoms with Crippen LogP contribution >= 0.6 is 11.3 Å². The minimum absolute atomic E-state index is 0.0452. The molecule has 1 aliphatic heterocycles.